The lowest BCUT2D eigenvalue weighted by Crippen LogP contribution is -2.43. The topological polar surface area (TPSA) is 26.0 Å². The van der Waals surface area contributed by atoms with Crippen molar-refractivity contribution in [1.82, 2.24) is 0 Å². The van der Waals surface area contributed by atoms with Gasteiger partial charge in [0.25, 0.3) is 0 Å². The van der Waals surface area contributed by atoms with Gasteiger partial charge in [0.2, 0.25) is 0 Å². The Balaban J connectivity index is 3.13. The molecule has 1 aromatic rings. The first-order valence-electron chi connectivity index (χ1n) is 4.48. The highest BCUT2D eigenvalue weighted by atomic mass is 32.1. The van der Waals surface area contributed by atoms with Crippen molar-refractivity contribution in [3.05, 3.63) is 21.9 Å². The van der Waals surface area contributed by atoms with Crippen LogP contribution >= 0.6 is 11.3 Å². The van der Waals surface area contributed by atoms with Crippen molar-refractivity contribution in [2.24, 2.45) is 11.7 Å². The summed E-state index contributed by atoms with van der Waals surface area (Å²) in [6.45, 7) is 1.43. The molecule has 1 nitrogen and oxygen atoms in total. The van der Waals surface area contributed by atoms with Gasteiger partial charge in [-0.3, -0.25) is 0 Å². The van der Waals surface area contributed by atoms with Gasteiger partial charge in [0.15, 0.2) is 5.92 Å². The van der Waals surface area contributed by atoms with Crippen LogP contribution in [0.4, 0.5) is 26.3 Å². The molecule has 0 aliphatic heterocycles. The summed E-state index contributed by atoms with van der Waals surface area (Å²) in [6.07, 6.45) is -10.8. The minimum Gasteiger partial charge on any atom is -0.322 e. The molecule has 0 saturated heterocycles. The molecule has 1 aromatic heterocycles. The SMILES string of the molecule is Cc1ccsc1C(N)C(C(F)(F)F)C(F)(F)F. The van der Waals surface area contributed by atoms with Crippen molar-refractivity contribution in [1.29, 1.82) is 0 Å². The average Bonchev–Trinajstić information content (AvgIpc) is 2.45. The molecule has 1 rings (SSSR count). The molecule has 17 heavy (non-hydrogen) atoms. The van der Waals surface area contributed by atoms with E-state index in [4.69, 9.17) is 5.73 Å². The molecule has 0 saturated carbocycles. The third kappa shape index (κ3) is 3.12. The first-order valence-corrected chi connectivity index (χ1v) is 5.36. The molecule has 98 valence electrons. The minimum atomic E-state index is -5.41. The van der Waals surface area contributed by atoms with Crippen LogP contribution in [0.15, 0.2) is 11.4 Å². The fourth-order valence-electron chi connectivity index (χ4n) is 1.47. The third-order valence-electron chi connectivity index (χ3n) is 2.27. The highest BCUT2D eigenvalue weighted by Gasteiger charge is 2.60. The van der Waals surface area contributed by atoms with Gasteiger partial charge in [-0.05, 0) is 23.9 Å². The lowest BCUT2D eigenvalue weighted by molar-refractivity contribution is -0.290. The molecule has 0 fully saturated rings. The standard InChI is InChI=1S/C9H9F6NS/c1-4-2-3-17-6(4)5(16)7(8(10,11)12)9(13,14)15/h2-3,5,7H,16H2,1H3. The largest absolute Gasteiger partial charge is 0.402 e. The number of aryl methyl sites for hydroxylation is 1. The van der Waals surface area contributed by atoms with Crippen LogP contribution in [0.3, 0.4) is 0 Å². The van der Waals surface area contributed by atoms with E-state index in [0.29, 0.717) is 5.56 Å². The van der Waals surface area contributed by atoms with Gasteiger partial charge in [-0.2, -0.15) is 26.3 Å². The summed E-state index contributed by atoms with van der Waals surface area (Å²) in [5, 5.41) is 1.41. The zero-order valence-electron chi connectivity index (χ0n) is 8.56. The quantitative estimate of drug-likeness (QED) is 0.818. The van der Waals surface area contributed by atoms with Gasteiger partial charge in [0.1, 0.15) is 0 Å². The number of hydrogen-bond acceptors (Lipinski definition) is 2. The van der Waals surface area contributed by atoms with E-state index < -0.39 is 24.3 Å². The second-order valence-corrected chi connectivity index (χ2v) is 4.50. The Hall–Kier alpha value is -0.760. The molecular formula is C9H9F6NS. The van der Waals surface area contributed by atoms with Gasteiger partial charge in [0.05, 0.1) is 6.04 Å². The molecule has 0 aliphatic carbocycles. The Morgan fingerprint density at radius 3 is 1.88 bits per heavy atom. The molecule has 0 spiro atoms. The smallest absolute Gasteiger partial charge is 0.322 e. The fraction of sp³-hybridized carbons (Fsp3) is 0.556. The summed E-state index contributed by atoms with van der Waals surface area (Å²) in [7, 11) is 0. The maximum absolute atomic E-state index is 12.4. The number of thiophene rings is 1. The summed E-state index contributed by atoms with van der Waals surface area (Å²) in [5.41, 5.74) is 5.46. The Morgan fingerprint density at radius 1 is 1.12 bits per heavy atom. The molecule has 0 radical (unpaired) electrons. The van der Waals surface area contributed by atoms with Crippen LogP contribution in [-0.4, -0.2) is 12.4 Å². The van der Waals surface area contributed by atoms with Crippen molar-refractivity contribution in [2.45, 2.75) is 25.3 Å². The number of rotatable bonds is 2. The molecule has 1 unspecified atom stereocenters. The number of hydrogen-bond donors (Lipinski definition) is 1. The van der Waals surface area contributed by atoms with E-state index in [1.54, 1.807) is 0 Å². The molecule has 1 atom stereocenters. The minimum absolute atomic E-state index is 0.0929. The Bertz CT molecular complexity index is 366. The van der Waals surface area contributed by atoms with Crippen LogP contribution in [0.25, 0.3) is 0 Å². The Morgan fingerprint density at radius 2 is 1.59 bits per heavy atom. The summed E-state index contributed by atoms with van der Waals surface area (Å²) < 4.78 is 74.4. The lowest BCUT2D eigenvalue weighted by atomic mass is 9.96. The van der Waals surface area contributed by atoms with Crippen LogP contribution in [-0.2, 0) is 0 Å². The molecular weight excluding hydrogens is 268 g/mol. The van der Waals surface area contributed by atoms with Gasteiger partial charge in [0, 0.05) is 4.88 Å². The zero-order chi connectivity index (χ0) is 13.4. The average molecular weight is 277 g/mol. The second kappa shape index (κ2) is 4.49. The van der Waals surface area contributed by atoms with Gasteiger partial charge in [-0.25, -0.2) is 0 Å². The molecule has 0 aromatic carbocycles. The lowest BCUT2D eigenvalue weighted by Gasteiger charge is -2.28. The highest BCUT2D eigenvalue weighted by molar-refractivity contribution is 7.10. The molecule has 2 N–H and O–H groups in total. The first kappa shape index (κ1) is 14.3. The van der Waals surface area contributed by atoms with E-state index in [9.17, 15) is 26.3 Å². The van der Waals surface area contributed by atoms with Crippen LogP contribution in [0, 0.1) is 12.8 Å². The number of nitrogens with two attached hydrogens (primary N) is 1. The van der Waals surface area contributed by atoms with E-state index in [0.717, 1.165) is 11.3 Å². The number of halogens is 6. The highest BCUT2D eigenvalue weighted by Crippen LogP contribution is 2.46. The normalized spacial score (nSPS) is 15.4. The maximum atomic E-state index is 12.4. The zero-order valence-corrected chi connectivity index (χ0v) is 9.38. The van der Waals surface area contributed by atoms with E-state index in [1.165, 1.54) is 18.4 Å². The predicted octanol–water partition coefficient (Wildman–Crippen LogP) is 3.80. The van der Waals surface area contributed by atoms with Crippen LogP contribution in [0.5, 0.6) is 0 Å². The van der Waals surface area contributed by atoms with E-state index in [-0.39, 0.29) is 4.88 Å². The van der Waals surface area contributed by atoms with Crippen LogP contribution in [0.2, 0.25) is 0 Å². The van der Waals surface area contributed by atoms with Gasteiger partial charge >= 0.3 is 12.4 Å². The van der Waals surface area contributed by atoms with Crippen molar-refractivity contribution in [3.8, 4) is 0 Å². The van der Waals surface area contributed by atoms with Crippen molar-refractivity contribution < 1.29 is 26.3 Å². The molecule has 0 aliphatic rings. The van der Waals surface area contributed by atoms with E-state index >= 15 is 0 Å². The summed E-state index contributed by atoms with van der Waals surface area (Å²) in [4.78, 5) is -0.0929. The van der Waals surface area contributed by atoms with Crippen molar-refractivity contribution >= 4 is 11.3 Å². The van der Waals surface area contributed by atoms with E-state index in [2.05, 4.69) is 0 Å². The Labute approximate surface area is 97.2 Å². The molecule has 1 heterocycles. The summed E-state index contributed by atoms with van der Waals surface area (Å²) >= 11 is 0.793. The van der Waals surface area contributed by atoms with Gasteiger partial charge < -0.3 is 5.73 Å². The monoisotopic (exact) mass is 277 g/mol. The fourth-order valence-corrected chi connectivity index (χ4v) is 2.44. The van der Waals surface area contributed by atoms with E-state index in [1.807, 2.05) is 0 Å². The molecule has 0 bridgehead atoms. The van der Waals surface area contributed by atoms with Gasteiger partial charge in [-0.15, -0.1) is 11.3 Å². The second-order valence-electron chi connectivity index (χ2n) is 3.55. The molecule has 8 heteroatoms. The molecule has 0 amide bonds. The first-order chi connectivity index (χ1) is 7.55. The van der Waals surface area contributed by atoms with Crippen molar-refractivity contribution in [2.75, 3.05) is 0 Å². The third-order valence-corrected chi connectivity index (χ3v) is 3.39. The van der Waals surface area contributed by atoms with Crippen LogP contribution in [0.1, 0.15) is 16.5 Å². The predicted molar refractivity (Wildman–Crippen MR) is 51.6 cm³/mol. The van der Waals surface area contributed by atoms with Crippen LogP contribution < -0.4 is 5.73 Å². The van der Waals surface area contributed by atoms with Gasteiger partial charge in [-0.1, -0.05) is 0 Å². The number of alkyl halides is 6. The Kier molecular flexibility index (Phi) is 3.78. The van der Waals surface area contributed by atoms with Crippen molar-refractivity contribution in [3.63, 3.8) is 0 Å². The summed E-state index contributed by atoms with van der Waals surface area (Å²) in [5.74, 6) is -3.53. The maximum Gasteiger partial charge on any atom is 0.402 e. The summed E-state index contributed by atoms with van der Waals surface area (Å²) in [6, 6.07) is -0.682.